The molecule has 1 fully saturated rings. The summed E-state index contributed by atoms with van der Waals surface area (Å²) in [5.74, 6) is -1.90. The van der Waals surface area contributed by atoms with Crippen molar-refractivity contribution in [2.24, 2.45) is 0 Å². The van der Waals surface area contributed by atoms with Gasteiger partial charge in [-0.15, -0.1) is 0 Å². The van der Waals surface area contributed by atoms with Crippen LogP contribution in [-0.2, 0) is 15.0 Å². The number of hydrogen-bond donors (Lipinski definition) is 1. The minimum Gasteiger partial charge on any atom is -0.481 e. The van der Waals surface area contributed by atoms with Gasteiger partial charge in [-0.2, -0.15) is 0 Å². The van der Waals surface area contributed by atoms with Crippen molar-refractivity contribution < 1.29 is 19.1 Å². The first-order valence-corrected chi connectivity index (χ1v) is 5.46. The van der Waals surface area contributed by atoms with Crippen molar-refractivity contribution >= 4 is 27.7 Å². The molecule has 1 saturated carbocycles. The topological polar surface area (TPSA) is 54.4 Å². The van der Waals surface area contributed by atoms with Gasteiger partial charge in [-0.3, -0.25) is 9.59 Å². The number of Topliss-reactive ketones (excluding diaryl/α,β-unsaturated/α-hetero) is 1. The molecule has 0 saturated heterocycles. The fraction of sp³-hybridized carbons (Fsp3) is 0.273. The molecule has 84 valence electrons. The maximum atomic E-state index is 13.8. The number of aliphatic carboxylic acids is 1. The quantitative estimate of drug-likeness (QED) is 0.907. The van der Waals surface area contributed by atoms with Crippen LogP contribution in [0, 0.1) is 5.82 Å². The van der Waals surface area contributed by atoms with E-state index < -0.39 is 17.2 Å². The molecule has 0 heterocycles. The van der Waals surface area contributed by atoms with Crippen LogP contribution in [0.15, 0.2) is 22.7 Å². The Morgan fingerprint density at radius 2 is 2.06 bits per heavy atom. The minimum absolute atomic E-state index is 0.0778. The molecule has 1 aromatic rings. The molecule has 0 spiro atoms. The van der Waals surface area contributed by atoms with E-state index in [4.69, 9.17) is 5.11 Å². The Labute approximate surface area is 99.4 Å². The molecule has 1 aliphatic carbocycles. The third-order valence-corrected chi connectivity index (χ3v) is 3.49. The summed E-state index contributed by atoms with van der Waals surface area (Å²) in [4.78, 5) is 22.2. The fourth-order valence-electron chi connectivity index (χ4n) is 1.95. The van der Waals surface area contributed by atoms with E-state index in [1.807, 2.05) is 0 Å². The van der Waals surface area contributed by atoms with Gasteiger partial charge in [-0.1, -0.05) is 12.1 Å². The number of ketones is 1. The van der Waals surface area contributed by atoms with E-state index in [0.29, 0.717) is 0 Å². The van der Waals surface area contributed by atoms with Crippen LogP contribution in [-0.4, -0.2) is 16.9 Å². The van der Waals surface area contributed by atoms with Gasteiger partial charge in [0.1, 0.15) is 17.0 Å². The van der Waals surface area contributed by atoms with Crippen molar-refractivity contribution in [2.45, 2.75) is 18.3 Å². The molecule has 1 aliphatic rings. The summed E-state index contributed by atoms with van der Waals surface area (Å²) in [5.41, 5.74) is -1.29. The van der Waals surface area contributed by atoms with Crippen molar-refractivity contribution in [2.75, 3.05) is 0 Å². The number of rotatable bonds is 2. The van der Waals surface area contributed by atoms with Crippen LogP contribution >= 0.6 is 15.9 Å². The predicted octanol–water partition coefficient (Wildman–Crippen LogP) is 2.27. The maximum Gasteiger partial charge on any atom is 0.315 e. The Morgan fingerprint density at radius 3 is 2.56 bits per heavy atom. The zero-order valence-corrected chi connectivity index (χ0v) is 9.75. The lowest BCUT2D eigenvalue weighted by molar-refractivity contribution is -0.153. The molecular formula is C11H8BrFO3. The molecule has 1 N–H and O–H groups in total. The van der Waals surface area contributed by atoms with Crippen LogP contribution < -0.4 is 0 Å². The number of benzene rings is 1. The number of carboxylic acids is 1. The molecule has 2 rings (SSSR count). The highest BCUT2D eigenvalue weighted by molar-refractivity contribution is 9.10. The van der Waals surface area contributed by atoms with Crippen LogP contribution in [0.5, 0.6) is 0 Å². The monoisotopic (exact) mass is 286 g/mol. The Kier molecular flexibility index (Phi) is 2.58. The fourth-order valence-corrected chi connectivity index (χ4v) is 2.32. The summed E-state index contributed by atoms with van der Waals surface area (Å²) in [7, 11) is 0. The summed E-state index contributed by atoms with van der Waals surface area (Å²) in [6, 6.07) is 4.48. The summed E-state index contributed by atoms with van der Waals surface area (Å²) in [5, 5.41) is 9.14. The van der Waals surface area contributed by atoms with Crippen molar-refractivity contribution in [3.63, 3.8) is 0 Å². The highest BCUT2D eigenvalue weighted by atomic mass is 79.9. The number of hydrogen-bond acceptors (Lipinski definition) is 2. The number of halogens is 2. The zero-order chi connectivity index (χ0) is 11.9. The van der Waals surface area contributed by atoms with Gasteiger partial charge in [-0.25, -0.2) is 4.39 Å². The molecule has 0 bridgehead atoms. The Balaban J connectivity index is 2.53. The summed E-state index contributed by atoms with van der Waals surface area (Å²) < 4.78 is 14.0. The second kappa shape index (κ2) is 3.66. The normalized spacial score (nSPS) is 18.0. The average Bonchev–Trinajstić information content (AvgIpc) is 2.17. The van der Waals surface area contributed by atoms with Gasteiger partial charge in [-0.05, 0) is 22.0 Å². The van der Waals surface area contributed by atoms with Gasteiger partial charge < -0.3 is 5.11 Å². The molecule has 1 aromatic carbocycles. The van der Waals surface area contributed by atoms with Crippen LogP contribution in [0.1, 0.15) is 18.4 Å². The average molecular weight is 287 g/mol. The highest BCUT2D eigenvalue weighted by Gasteiger charge is 2.53. The second-order valence-electron chi connectivity index (χ2n) is 3.88. The standard InChI is InChI=1S/C11H8BrFO3/c12-8-3-1-2-7(9(8)13)11(10(15)16)4-6(14)5-11/h1-3H,4-5H2,(H,15,16). The molecule has 0 radical (unpaired) electrons. The Bertz CT molecular complexity index is 476. The van der Waals surface area contributed by atoms with E-state index in [9.17, 15) is 14.0 Å². The van der Waals surface area contributed by atoms with Gasteiger partial charge in [0.15, 0.2) is 0 Å². The lowest BCUT2D eigenvalue weighted by Gasteiger charge is -2.36. The van der Waals surface area contributed by atoms with Gasteiger partial charge >= 0.3 is 5.97 Å². The molecule has 0 atom stereocenters. The van der Waals surface area contributed by atoms with Gasteiger partial charge in [0.25, 0.3) is 0 Å². The van der Waals surface area contributed by atoms with Gasteiger partial charge in [0, 0.05) is 18.4 Å². The highest BCUT2D eigenvalue weighted by Crippen LogP contribution is 2.43. The molecule has 3 nitrogen and oxygen atoms in total. The SMILES string of the molecule is O=C1CC(C(=O)O)(c2cccc(Br)c2F)C1. The number of carbonyl (C=O) groups is 2. The van der Waals surface area contributed by atoms with Crippen molar-refractivity contribution in [3.05, 3.63) is 34.1 Å². The van der Waals surface area contributed by atoms with Crippen LogP contribution in [0.25, 0.3) is 0 Å². The summed E-state index contributed by atoms with van der Waals surface area (Å²) in [6.45, 7) is 0. The molecule has 16 heavy (non-hydrogen) atoms. The van der Waals surface area contributed by atoms with Crippen molar-refractivity contribution in [1.82, 2.24) is 0 Å². The van der Waals surface area contributed by atoms with Crippen LogP contribution in [0.3, 0.4) is 0 Å². The Morgan fingerprint density at radius 1 is 1.44 bits per heavy atom. The van der Waals surface area contributed by atoms with E-state index in [0.717, 1.165) is 0 Å². The largest absolute Gasteiger partial charge is 0.481 e. The second-order valence-corrected chi connectivity index (χ2v) is 4.74. The van der Waals surface area contributed by atoms with Crippen molar-refractivity contribution in [3.8, 4) is 0 Å². The van der Waals surface area contributed by atoms with E-state index in [-0.39, 0.29) is 28.7 Å². The number of carboxylic acid groups (broad SMARTS) is 1. The van der Waals surface area contributed by atoms with Gasteiger partial charge in [0.2, 0.25) is 0 Å². The molecule has 0 aliphatic heterocycles. The summed E-state index contributed by atoms with van der Waals surface area (Å²) >= 11 is 3.00. The third kappa shape index (κ3) is 1.46. The van der Waals surface area contributed by atoms with E-state index in [2.05, 4.69) is 15.9 Å². The molecular weight excluding hydrogens is 279 g/mol. The number of carbonyl (C=O) groups excluding carboxylic acids is 1. The van der Waals surface area contributed by atoms with Crippen LogP contribution in [0.4, 0.5) is 4.39 Å². The first-order chi connectivity index (χ1) is 7.47. The lowest BCUT2D eigenvalue weighted by Crippen LogP contribution is -2.48. The summed E-state index contributed by atoms with van der Waals surface area (Å²) in [6.07, 6.45) is -0.259. The molecule has 0 amide bonds. The van der Waals surface area contributed by atoms with Crippen LogP contribution in [0.2, 0.25) is 0 Å². The maximum absolute atomic E-state index is 13.8. The smallest absolute Gasteiger partial charge is 0.315 e. The Hall–Kier alpha value is -1.23. The molecule has 0 unspecified atom stereocenters. The van der Waals surface area contributed by atoms with Gasteiger partial charge in [0.05, 0.1) is 4.47 Å². The predicted molar refractivity (Wildman–Crippen MR) is 57.7 cm³/mol. The molecule has 5 heteroatoms. The van der Waals surface area contributed by atoms with E-state index in [1.165, 1.54) is 12.1 Å². The lowest BCUT2D eigenvalue weighted by atomic mass is 9.63. The van der Waals surface area contributed by atoms with E-state index >= 15 is 0 Å². The zero-order valence-electron chi connectivity index (χ0n) is 8.17. The van der Waals surface area contributed by atoms with E-state index in [1.54, 1.807) is 6.07 Å². The minimum atomic E-state index is -1.37. The first-order valence-electron chi connectivity index (χ1n) is 4.67. The first kappa shape index (κ1) is 11.3. The third-order valence-electron chi connectivity index (χ3n) is 2.87. The van der Waals surface area contributed by atoms with Crippen molar-refractivity contribution in [1.29, 1.82) is 0 Å². The molecule has 0 aromatic heterocycles.